The summed E-state index contributed by atoms with van der Waals surface area (Å²) in [7, 11) is 0. The van der Waals surface area contributed by atoms with Crippen LogP contribution >= 0.6 is 0 Å². The lowest BCUT2D eigenvalue weighted by molar-refractivity contribution is -0.145. The van der Waals surface area contributed by atoms with Crippen molar-refractivity contribution in [2.24, 2.45) is 0 Å². The van der Waals surface area contributed by atoms with E-state index < -0.39 is 17.8 Å². The summed E-state index contributed by atoms with van der Waals surface area (Å²) in [5.41, 5.74) is 0.695. The molecule has 0 unspecified atom stereocenters. The van der Waals surface area contributed by atoms with Gasteiger partial charge in [0.05, 0.1) is 5.56 Å². The van der Waals surface area contributed by atoms with E-state index in [0.717, 1.165) is 36.6 Å². The molecule has 1 aliphatic rings. The fraction of sp³-hybridized carbons (Fsp3) is 0.381. The van der Waals surface area contributed by atoms with Gasteiger partial charge in [0.1, 0.15) is 11.0 Å². The third-order valence-corrected chi connectivity index (χ3v) is 5.28. The number of carbonyl (C=O) groups excluding carboxylic acids is 1. The fourth-order valence-electron chi connectivity index (χ4n) is 3.57. The van der Waals surface area contributed by atoms with Gasteiger partial charge in [-0.25, -0.2) is 0 Å². The van der Waals surface area contributed by atoms with Crippen molar-refractivity contribution in [3.05, 3.63) is 59.7 Å². The highest BCUT2D eigenvalue weighted by Gasteiger charge is 2.32. The topological polar surface area (TPSA) is 63.5 Å². The van der Waals surface area contributed by atoms with Crippen LogP contribution in [0.3, 0.4) is 0 Å². The van der Waals surface area contributed by atoms with E-state index in [1.54, 1.807) is 11.8 Å². The molecule has 0 saturated carbocycles. The minimum Gasteiger partial charge on any atom is -0.382 e. The van der Waals surface area contributed by atoms with Gasteiger partial charge in [-0.3, -0.25) is 9.69 Å². The number of fused-ring (bicyclic) bond motifs is 1. The second-order valence-electron chi connectivity index (χ2n) is 7.50. The molecule has 0 bridgehead atoms. The number of hydrogen-bond donors (Lipinski definition) is 0. The Morgan fingerprint density at radius 1 is 1.10 bits per heavy atom. The highest BCUT2D eigenvalue weighted by atomic mass is 19.4. The van der Waals surface area contributed by atoms with Crippen molar-refractivity contribution in [3.63, 3.8) is 0 Å². The molecule has 4 rings (SSSR count). The van der Waals surface area contributed by atoms with E-state index in [-0.39, 0.29) is 16.9 Å². The van der Waals surface area contributed by atoms with Crippen molar-refractivity contribution in [1.82, 2.24) is 25.0 Å². The molecule has 2 aromatic carbocycles. The average molecular weight is 433 g/mol. The monoisotopic (exact) mass is 433 g/mol. The molecule has 1 atom stereocenters. The van der Waals surface area contributed by atoms with Gasteiger partial charge >= 0.3 is 6.18 Å². The van der Waals surface area contributed by atoms with Gasteiger partial charge in [-0.1, -0.05) is 35.2 Å². The first kappa shape index (κ1) is 21.1. The van der Waals surface area contributed by atoms with Crippen molar-refractivity contribution in [2.75, 3.05) is 26.2 Å². The van der Waals surface area contributed by atoms with Crippen LogP contribution in [0.5, 0.6) is 0 Å². The summed E-state index contributed by atoms with van der Waals surface area (Å²) in [6, 6.07) is 13.2. The molecule has 3 aromatic rings. The number of benzene rings is 2. The molecule has 31 heavy (non-hydrogen) atoms. The van der Waals surface area contributed by atoms with Gasteiger partial charge < -0.3 is 9.74 Å². The molecule has 1 aliphatic heterocycles. The first-order valence-corrected chi connectivity index (χ1v) is 9.96. The minimum absolute atomic E-state index is 0.0576. The summed E-state index contributed by atoms with van der Waals surface area (Å²) in [4.78, 5) is 23.2. The maximum Gasteiger partial charge on any atom is 0.416 e. The molecule has 1 fully saturated rings. The number of carbonyl (C=O) groups is 1. The van der Waals surface area contributed by atoms with Gasteiger partial charge in [-0.05, 0) is 35.9 Å². The van der Waals surface area contributed by atoms with Gasteiger partial charge in [0.2, 0.25) is 6.10 Å². The van der Waals surface area contributed by atoms with Crippen LogP contribution in [0, 0.1) is 0 Å². The Morgan fingerprint density at radius 3 is 2.48 bits per heavy atom. The maximum absolute atomic E-state index is 13.0. The molecule has 0 spiro atoms. The van der Waals surface area contributed by atoms with Crippen LogP contribution < -0.4 is 4.84 Å². The number of aromatic nitrogens is 3. The molecule has 0 aliphatic carbocycles. The van der Waals surface area contributed by atoms with E-state index in [1.807, 2.05) is 18.2 Å². The number of nitrogens with zero attached hydrogens (tertiary/aromatic N) is 5. The molecule has 0 radical (unpaired) electrons. The summed E-state index contributed by atoms with van der Waals surface area (Å²) in [5, 5.41) is 7.55. The predicted molar refractivity (Wildman–Crippen MR) is 107 cm³/mol. The van der Waals surface area contributed by atoms with Gasteiger partial charge in [0.25, 0.3) is 5.91 Å². The SMILES string of the molecule is C[C@H](On1nnc2ccc(C(F)(F)F)cc21)C(=O)N1CCN(Cc2ccccc2)CC1. The van der Waals surface area contributed by atoms with Crippen LogP contribution in [0.4, 0.5) is 13.2 Å². The molecular weight excluding hydrogens is 411 g/mol. The van der Waals surface area contributed by atoms with Crippen LogP contribution in [-0.2, 0) is 17.5 Å². The Kier molecular flexibility index (Phi) is 5.81. The zero-order chi connectivity index (χ0) is 22.0. The Morgan fingerprint density at radius 2 is 1.81 bits per heavy atom. The molecule has 1 saturated heterocycles. The minimum atomic E-state index is -4.50. The van der Waals surface area contributed by atoms with Crippen LogP contribution in [-0.4, -0.2) is 63.1 Å². The molecule has 0 N–H and O–H groups in total. The predicted octanol–water partition coefficient (Wildman–Crippen LogP) is 2.61. The van der Waals surface area contributed by atoms with Crippen LogP contribution in [0.25, 0.3) is 11.0 Å². The first-order valence-electron chi connectivity index (χ1n) is 9.96. The molecule has 1 aromatic heterocycles. The lowest BCUT2D eigenvalue weighted by atomic mass is 10.2. The molecular formula is C21H22F3N5O2. The third-order valence-electron chi connectivity index (χ3n) is 5.28. The van der Waals surface area contributed by atoms with E-state index in [4.69, 9.17) is 4.84 Å². The van der Waals surface area contributed by atoms with Crippen molar-refractivity contribution in [1.29, 1.82) is 0 Å². The van der Waals surface area contributed by atoms with Gasteiger partial charge in [0, 0.05) is 32.7 Å². The third kappa shape index (κ3) is 4.79. The number of amides is 1. The second-order valence-corrected chi connectivity index (χ2v) is 7.50. The summed E-state index contributed by atoms with van der Waals surface area (Å²) >= 11 is 0. The van der Waals surface area contributed by atoms with Crippen molar-refractivity contribution in [2.45, 2.75) is 25.7 Å². The first-order chi connectivity index (χ1) is 14.8. The average Bonchev–Trinajstić information content (AvgIpc) is 3.16. The van der Waals surface area contributed by atoms with Crippen LogP contribution in [0.2, 0.25) is 0 Å². The summed E-state index contributed by atoms with van der Waals surface area (Å²) < 4.78 is 39.0. The molecule has 1 amide bonds. The normalized spacial score (nSPS) is 16.5. The van der Waals surface area contributed by atoms with Gasteiger partial charge in [0.15, 0.2) is 0 Å². The zero-order valence-corrected chi connectivity index (χ0v) is 16.9. The smallest absolute Gasteiger partial charge is 0.382 e. The van der Waals surface area contributed by atoms with Crippen molar-refractivity contribution >= 4 is 16.9 Å². The summed E-state index contributed by atoms with van der Waals surface area (Å²) in [6.07, 6.45) is -5.41. The Labute approximate surface area is 176 Å². The number of piperazine rings is 1. The van der Waals surface area contributed by atoms with E-state index >= 15 is 0 Å². The van der Waals surface area contributed by atoms with Crippen molar-refractivity contribution < 1.29 is 22.8 Å². The Bertz CT molecular complexity index is 1050. The fourth-order valence-corrected chi connectivity index (χ4v) is 3.57. The Hall–Kier alpha value is -3.14. The lowest BCUT2D eigenvalue weighted by Crippen LogP contribution is -2.52. The Balaban J connectivity index is 1.37. The zero-order valence-electron chi connectivity index (χ0n) is 16.9. The quantitative estimate of drug-likeness (QED) is 0.619. The number of halogens is 3. The van der Waals surface area contributed by atoms with E-state index in [2.05, 4.69) is 27.3 Å². The largest absolute Gasteiger partial charge is 0.416 e. The highest BCUT2D eigenvalue weighted by molar-refractivity contribution is 5.81. The molecule has 10 heteroatoms. The lowest BCUT2D eigenvalue weighted by Gasteiger charge is -2.35. The highest BCUT2D eigenvalue weighted by Crippen LogP contribution is 2.30. The van der Waals surface area contributed by atoms with Crippen LogP contribution in [0.1, 0.15) is 18.1 Å². The summed E-state index contributed by atoms with van der Waals surface area (Å²) in [6.45, 7) is 4.94. The van der Waals surface area contributed by atoms with Gasteiger partial charge in [-0.15, -0.1) is 5.10 Å². The summed E-state index contributed by atoms with van der Waals surface area (Å²) in [5.74, 6) is -0.241. The molecule has 7 nitrogen and oxygen atoms in total. The number of rotatable bonds is 5. The standard InChI is InChI=1S/C21H22F3N5O2/c1-15(31-29-19-13-17(21(22,23)24)7-8-18(19)25-26-29)20(30)28-11-9-27(10-12-28)14-16-5-3-2-4-6-16/h2-8,13,15H,9-12,14H2,1H3/t15-/m0/s1. The molecule has 164 valence electrons. The maximum atomic E-state index is 13.0. The van der Waals surface area contributed by atoms with Gasteiger partial charge in [-0.2, -0.15) is 13.2 Å². The second kappa shape index (κ2) is 8.54. The number of hydrogen-bond acceptors (Lipinski definition) is 5. The van der Waals surface area contributed by atoms with E-state index in [0.29, 0.717) is 13.1 Å². The number of alkyl halides is 3. The van der Waals surface area contributed by atoms with E-state index in [1.165, 1.54) is 11.6 Å². The van der Waals surface area contributed by atoms with Crippen LogP contribution in [0.15, 0.2) is 48.5 Å². The molecule has 2 heterocycles. The van der Waals surface area contributed by atoms with Crippen molar-refractivity contribution in [3.8, 4) is 0 Å². The van der Waals surface area contributed by atoms with E-state index in [9.17, 15) is 18.0 Å².